The van der Waals surface area contributed by atoms with Crippen LogP contribution in [-0.2, 0) is 10.1 Å². The number of hydrogen-bond donors (Lipinski definition) is 2. The lowest BCUT2D eigenvalue weighted by Gasteiger charge is -2.16. The van der Waals surface area contributed by atoms with E-state index in [1.807, 2.05) is 13.8 Å². The van der Waals surface area contributed by atoms with Crippen molar-refractivity contribution in [3.05, 3.63) is 0 Å². The van der Waals surface area contributed by atoms with Gasteiger partial charge in [-0.2, -0.15) is 0 Å². The van der Waals surface area contributed by atoms with Gasteiger partial charge < -0.3 is 0 Å². The summed E-state index contributed by atoms with van der Waals surface area (Å²) >= 11 is 0. The van der Waals surface area contributed by atoms with E-state index in [0.717, 1.165) is 32.4 Å². The summed E-state index contributed by atoms with van der Waals surface area (Å²) in [5, 5.41) is 0. The highest BCUT2D eigenvalue weighted by atomic mass is 32.2. The molecule has 2 N–H and O–H groups in total. The van der Waals surface area contributed by atoms with Crippen molar-refractivity contribution in [2.75, 3.05) is 19.6 Å². The van der Waals surface area contributed by atoms with Gasteiger partial charge in [0.2, 0.25) is 0 Å². The first kappa shape index (κ1) is 13.9. The van der Waals surface area contributed by atoms with E-state index in [4.69, 9.17) is 0 Å². The third-order valence-corrected chi connectivity index (χ3v) is 3.47. The highest BCUT2D eigenvalue weighted by Crippen LogP contribution is 1.96. The maximum absolute atomic E-state index is 11.7. The molecule has 4 nitrogen and oxygen atoms in total. The third kappa shape index (κ3) is 5.57. The van der Waals surface area contributed by atoms with Crippen molar-refractivity contribution in [2.24, 2.45) is 4.36 Å². The Labute approximate surface area is 88.3 Å². The van der Waals surface area contributed by atoms with Crippen LogP contribution in [-0.4, -0.2) is 23.8 Å². The van der Waals surface area contributed by atoms with Crippen LogP contribution in [0.3, 0.4) is 0 Å². The molecule has 1 aliphatic heterocycles. The Bertz CT molecular complexity index is 234. The number of hydrogen-bond acceptors (Lipinski definition) is 2. The zero-order valence-electron chi connectivity index (χ0n) is 9.51. The van der Waals surface area contributed by atoms with Crippen molar-refractivity contribution in [3.8, 4) is 0 Å². The fraction of sp³-hybridized carbons (Fsp3) is 1.00. The number of rotatable bonds is 4. The molecule has 0 saturated heterocycles. The summed E-state index contributed by atoms with van der Waals surface area (Å²) in [5.41, 5.74) is 0. The molecular weight excluding hydrogens is 198 g/mol. The first-order valence-electron chi connectivity index (χ1n) is 5.49. The summed E-state index contributed by atoms with van der Waals surface area (Å²) in [5.74, 6) is 0. The SMILES string of the molecule is CC.CCCCNS1(=O)=NCCCN1. The Balaban J connectivity index is 0.000000791. The summed E-state index contributed by atoms with van der Waals surface area (Å²) in [6, 6.07) is 0. The van der Waals surface area contributed by atoms with Gasteiger partial charge in [-0.1, -0.05) is 27.2 Å². The quantitative estimate of drug-likeness (QED) is 0.697. The van der Waals surface area contributed by atoms with Crippen LogP contribution in [0.25, 0.3) is 0 Å². The van der Waals surface area contributed by atoms with Gasteiger partial charge in [0.15, 0.2) is 10.1 Å². The number of unbranched alkanes of at least 4 members (excludes halogenated alkanes) is 1. The van der Waals surface area contributed by atoms with Gasteiger partial charge in [-0.25, -0.2) is 18.0 Å². The Morgan fingerprint density at radius 2 is 2.21 bits per heavy atom. The normalized spacial score (nSPS) is 25.9. The molecule has 0 amide bonds. The van der Waals surface area contributed by atoms with Crippen molar-refractivity contribution >= 4 is 10.1 Å². The Morgan fingerprint density at radius 3 is 2.71 bits per heavy atom. The van der Waals surface area contributed by atoms with Gasteiger partial charge in [-0.15, -0.1) is 0 Å². The molecule has 1 unspecified atom stereocenters. The maximum atomic E-state index is 11.7. The van der Waals surface area contributed by atoms with E-state index in [2.05, 4.69) is 20.7 Å². The molecule has 14 heavy (non-hydrogen) atoms. The van der Waals surface area contributed by atoms with Crippen molar-refractivity contribution in [1.82, 2.24) is 9.44 Å². The van der Waals surface area contributed by atoms with Crippen molar-refractivity contribution < 1.29 is 4.21 Å². The molecule has 0 radical (unpaired) electrons. The summed E-state index contributed by atoms with van der Waals surface area (Å²) in [6.45, 7) is 8.41. The fourth-order valence-electron chi connectivity index (χ4n) is 1.01. The smallest absolute Gasteiger partial charge is 0.172 e. The van der Waals surface area contributed by atoms with E-state index in [9.17, 15) is 4.21 Å². The molecule has 0 fully saturated rings. The fourth-order valence-corrected chi connectivity index (χ4v) is 2.53. The van der Waals surface area contributed by atoms with Crippen LogP contribution in [0.4, 0.5) is 0 Å². The van der Waals surface area contributed by atoms with Crippen LogP contribution in [0.1, 0.15) is 40.0 Å². The molecule has 5 heteroatoms. The molecule has 0 aliphatic carbocycles. The van der Waals surface area contributed by atoms with Gasteiger partial charge in [0.1, 0.15) is 0 Å². The lowest BCUT2D eigenvalue weighted by atomic mass is 10.3. The highest BCUT2D eigenvalue weighted by molar-refractivity contribution is 7.89. The molecule has 1 atom stereocenters. The van der Waals surface area contributed by atoms with Gasteiger partial charge >= 0.3 is 0 Å². The molecule has 1 heterocycles. The minimum Gasteiger partial charge on any atom is -0.219 e. The first-order chi connectivity index (χ1) is 6.77. The third-order valence-electron chi connectivity index (χ3n) is 1.73. The van der Waals surface area contributed by atoms with Gasteiger partial charge in [0, 0.05) is 13.1 Å². The van der Waals surface area contributed by atoms with Crippen LogP contribution >= 0.6 is 0 Å². The standard InChI is InChI=1S/C7H17N3OS.C2H6/c1-2-3-5-8-12(11)9-6-4-7-10-12;1-2/h2-7H2,1H3,(H2,8,9,10,11);1-2H3. The van der Waals surface area contributed by atoms with Crippen LogP contribution in [0.15, 0.2) is 4.36 Å². The van der Waals surface area contributed by atoms with Crippen LogP contribution in [0.5, 0.6) is 0 Å². The van der Waals surface area contributed by atoms with Gasteiger partial charge in [-0.05, 0) is 12.8 Å². The summed E-state index contributed by atoms with van der Waals surface area (Å²) in [6.07, 6.45) is 3.16. The van der Waals surface area contributed by atoms with E-state index < -0.39 is 10.1 Å². The topological polar surface area (TPSA) is 53.5 Å². The van der Waals surface area contributed by atoms with Gasteiger partial charge in [0.25, 0.3) is 0 Å². The number of nitrogens with one attached hydrogen (secondary N) is 2. The van der Waals surface area contributed by atoms with Crippen LogP contribution in [0, 0.1) is 0 Å². The van der Waals surface area contributed by atoms with Gasteiger partial charge in [-0.3, -0.25) is 0 Å². The van der Waals surface area contributed by atoms with Crippen LogP contribution in [0.2, 0.25) is 0 Å². The first-order valence-corrected chi connectivity index (χ1v) is 7.00. The van der Waals surface area contributed by atoms with Gasteiger partial charge in [0.05, 0.1) is 6.54 Å². The molecule has 86 valence electrons. The maximum Gasteiger partial charge on any atom is 0.172 e. The average molecular weight is 221 g/mol. The zero-order valence-corrected chi connectivity index (χ0v) is 10.3. The van der Waals surface area contributed by atoms with E-state index >= 15 is 0 Å². The van der Waals surface area contributed by atoms with Crippen LogP contribution < -0.4 is 9.44 Å². The largest absolute Gasteiger partial charge is 0.219 e. The number of nitrogens with zero attached hydrogens (tertiary/aromatic N) is 1. The molecule has 0 aromatic carbocycles. The minimum absolute atomic E-state index is 0.713. The predicted octanol–water partition coefficient (Wildman–Crippen LogP) is 1.69. The summed E-state index contributed by atoms with van der Waals surface area (Å²) in [7, 11) is -2.24. The molecule has 0 spiro atoms. The Kier molecular flexibility index (Phi) is 8.12. The lowest BCUT2D eigenvalue weighted by molar-refractivity contribution is 0.626. The average Bonchev–Trinajstić information content (AvgIpc) is 2.22. The summed E-state index contributed by atoms with van der Waals surface area (Å²) < 4.78 is 21.6. The molecule has 0 saturated carbocycles. The minimum atomic E-state index is -2.24. The molecule has 0 bridgehead atoms. The van der Waals surface area contributed by atoms with Crippen molar-refractivity contribution in [2.45, 2.75) is 40.0 Å². The van der Waals surface area contributed by atoms with E-state index in [1.54, 1.807) is 0 Å². The second-order valence-corrected chi connectivity index (χ2v) is 4.76. The van der Waals surface area contributed by atoms with E-state index in [0.29, 0.717) is 6.54 Å². The molecule has 0 aromatic heterocycles. The summed E-state index contributed by atoms with van der Waals surface area (Å²) in [4.78, 5) is 0. The predicted molar refractivity (Wildman–Crippen MR) is 62.3 cm³/mol. The molecule has 1 aliphatic rings. The van der Waals surface area contributed by atoms with Crippen molar-refractivity contribution in [1.29, 1.82) is 0 Å². The molecular formula is C9H23N3OS. The van der Waals surface area contributed by atoms with E-state index in [1.165, 1.54) is 0 Å². The second kappa shape index (κ2) is 8.20. The van der Waals surface area contributed by atoms with E-state index in [-0.39, 0.29) is 0 Å². The monoisotopic (exact) mass is 221 g/mol. The zero-order chi connectivity index (χ0) is 10.9. The van der Waals surface area contributed by atoms with Crippen molar-refractivity contribution in [3.63, 3.8) is 0 Å². The highest BCUT2D eigenvalue weighted by Gasteiger charge is 2.09. The molecule has 1 rings (SSSR count). The lowest BCUT2D eigenvalue weighted by Crippen LogP contribution is -2.40. The Morgan fingerprint density at radius 1 is 1.50 bits per heavy atom. The molecule has 0 aromatic rings. The second-order valence-electron chi connectivity index (χ2n) is 2.87. The Hall–Kier alpha value is -0.130.